The average molecular weight is 185 g/mol. The first-order valence-electron chi connectivity index (χ1n) is 3.65. The number of rotatable bonds is 3. The summed E-state index contributed by atoms with van der Waals surface area (Å²) in [6, 6.07) is 0. The lowest BCUT2D eigenvalue weighted by molar-refractivity contribution is 0.111. The summed E-state index contributed by atoms with van der Waals surface area (Å²) in [7, 11) is 0. The number of aldehydes is 1. The number of hydrogen-bond acceptors (Lipinski definition) is 2. The summed E-state index contributed by atoms with van der Waals surface area (Å²) in [6.45, 7) is 2.02. The Morgan fingerprint density at radius 1 is 1.67 bits per heavy atom. The molecule has 0 atom stereocenters. The van der Waals surface area contributed by atoms with Crippen molar-refractivity contribution in [3.8, 4) is 0 Å². The molecule has 0 bridgehead atoms. The van der Waals surface area contributed by atoms with Crippen LogP contribution in [0.25, 0.3) is 6.08 Å². The molecule has 0 radical (unpaired) electrons. The summed E-state index contributed by atoms with van der Waals surface area (Å²) in [6.07, 6.45) is 5.30. The average Bonchev–Trinajstić information content (AvgIpc) is 2.43. The molecule has 0 fully saturated rings. The fraction of sp³-hybridized carbons (Fsp3) is 0.250. The van der Waals surface area contributed by atoms with Crippen molar-refractivity contribution >= 4 is 24.0 Å². The maximum absolute atomic E-state index is 10.3. The highest BCUT2D eigenvalue weighted by molar-refractivity contribution is 6.31. The fourth-order valence-electron chi connectivity index (χ4n) is 0.770. The highest BCUT2D eigenvalue weighted by atomic mass is 35.5. The zero-order chi connectivity index (χ0) is 8.97. The molecule has 0 amide bonds. The van der Waals surface area contributed by atoms with Gasteiger partial charge in [0.1, 0.15) is 11.5 Å². The van der Waals surface area contributed by atoms with Crippen molar-refractivity contribution in [2.75, 3.05) is 0 Å². The maximum atomic E-state index is 10.3. The number of nitrogens with one attached hydrogen (secondary N) is 1. The van der Waals surface area contributed by atoms with E-state index in [1.54, 1.807) is 6.08 Å². The van der Waals surface area contributed by atoms with Crippen LogP contribution in [0, 0.1) is 0 Å². The molecular formula is C8H9ClN2O. The molecule has 4 heteroatoms. The van der Waals surface area contributed by atoms with Crippen LogP contribution in [0.15, 0.2) is 6.08 Å². The lowest BCUT2D eigenvalue weighted by Crippen LogP contribution is -1.78. The number of allylic oxidation sites excluding steroid dienone is 1. The molecule has 12 heavy (non-hydrogen) atoms. The van der Waals surface area contributed by atoms with Crippen LogP contribution in [0.2, 0.25) is 5.15 Å². The molecule has 0 unspecified atom stereocenters. The number of aromatic amines is 1. The van der Waals surface area contributed by atoms with Crippen molar-refractivity contribution in [1.82, 2.24) is 9.97 Å². The van der Waals surface area contributed by atoms with Gasteiger partial charge < -0.3 is 4.98 Å². The molecule has 1 heterocycles. The van der Waals surface area contributed by atoms with Crippen LogP contribution >= 0.6 is 11.6 Å². The molecule has 1 aromatic rings. The molecule has 1 rings (SSSR count). The Balaban J connectivity index is 2.89. The fourth-order valence-corrected chi connectivity index (χ4v) is 0.953. The Morgan fingerprint density at radius 2 is 2.42 bits per heavy atom. The molecule has 1 N–H and O–H groups in total. The highest BCUT2D eigenvalue weighted by Gasteiger charge is 2.03. The van der Waals surface area contributed by atoms with Crippen LogP contribution in [0.4, 0.5) is 0 Å². The van der Waals surface area contributed by atoms with E-state index in [1.165, 1.54) is 0 Å². The summed E-state index contributed by atoms with van der Waals surface area (Å²) < 4.78 is 0. The second-order valence-electron chi connectivity index (χ2n) is 2.25. The largest absolute Gasteiger partial charge is 0.335 e. The van der Waals surface area contributed by atoms with Gasteiger partial charge in [0.25, 0.3) is 0 Å². The summed E-state index contributed by atoms with van der Waals surface area (Å²) in [5.41, 5.74) is 0.326. The maximum Gasteiger partial charge on any atom is 0.169 e. The van der Waals surface area contributed by atoms with Gasteiger partial charge in [-0.1, -0.05) is 24.6 Å². The van der Waals surface area contributed by atoms with Gasteiger partial charge in [-0.15, -0.1) is 0 Å². The Labute approximate surface area is 75.5 Å². The van der Waals surface area contributed by atoms with Gasteiger partial charge in [-0.2, -0.15) is 0 Å². The van der Waals surface area contributed by atoms with E-state index in [0.717, 1.165) is 6.42 Å². The topological polar surface area (TPSA) is 45.8 Å². The van der Waals surface area contributed by atoms with Crippen LogP contribution in [-0.2, 0) is 0 Å². The van der Waals surface area contributed by atoms with Crippen LogP contribution in [0.5, 0.6) is 0 Å². The summed E-state index contributed by atoms with van der Waals surface area (Å²) >= 11 is 5.62. The number of carbonyl (C=O) groups excluding carboxylic acids is 1. The van der Waals surface area contributed by atoms with Gasteiger partial charge in [0, 0.05) is 0 Å². The van der Waals surface area contributed by atoms with Gasteiger partial charge in [0.2, 0.25) is 0 Å². The zero-order valence-corrected chi connectivity index (χ0v) is 7.43. The second-order valence-corrected chi connectivity index (χ2v) is 2.61. The van der Waals surface area contributed by atoms with Crippen molar-refractivity contribution in [1.29, 1.82) is 0 Å². The van der Waals surface area contributed by atoms with E-state index in [1.807, 2.05) is 13.0 Å². The lowest BCUT2D eigenvalue weighted by atomic mass is 10.4. The molecular weight excluding hydrogens is 176 g/mol. The number of halogens is 1. The van der Waals surface area contributed by atoms with Crippen LogP contribution in [0.1, 0.15) is 29.7 Å². The number of imidazole rings is 1. The summed E-state index contributed by atoms with van der Waals surface area (Å²) in [4.78, 5) is 17.0. The quantitative estimate of drug-likeness (QED) is 0.733. The van der Waals surface area contributed by atoms with Crippen molar-refractivity contribution in [2.24, 2.45) is 0 Å². The van der Waals surface area contributed by atoms with E-state index < -0.39 is 0 Å². The Bertz CT molecular complexity index is 304. The van der Waals surface area contributed by atoms with Gasteiger partial charge in [0.15, 0.2) is 11.4 Å². The molecule has 0 aliphatic carbocycles. The molecule has 0 spiro atoms. The van der Waals surface area contributed by atoms with E-state index in [0.29, 0.717) is 17.8 Å². The van der Waals surface area contributed by atoms with Crippen LogP contribution in [0.3, 0.4) is 0 Å². The first-order valence-corrected chi connectivity index (χ1v) is 4.03. The van der Waals surface area contributed by atoms with E-state index in [2.05, 4.69) is 9.97 Å². The molecule has 3 nitrogen and oxygen atoms in total. The first kappa shape index (κ1) is 9.00. The van der Waals surface area contributed by atoms with Gasteiger partial charge in [-0.05, 0) is 12.5 Å². The van der Waals surface area contributed by atoms with Gasteiger partial charge in [-0.3, -0.25) is 4.79 Å². The number of hydrogen-bond donors (Lipinski definition) is 1. The minimum atomic E-state index is 0.223. The molecule has 1 aromatic heterocycles. The van der Waals surface area contributed by atoms with Crippen LogP contribution < -0.4 is 0 Å². The smallest absolute Gasteiger partial charge is 0.169 e. The van der Waals surface area contributed by atoms with Crippen molar-refractivity contribution in [3.63, 3.8) is 0 Å². The van der Waals surface area contributed by atoms with E-state index >= 15 is 0 Å². The lowest BCUT2D eigenvalue weighted by Gasteiger charge is -1.80. The van der Waals surface area contributed by atoms with E-state index in [4.69, 9.17) is 11.6 Å². The number of carbonyl (C=O) groups is 1. The van der Waals surface area contributed by atoms with Crippen LogP contribution in [-0.4, -0.2) is 16.3 Å². The SMILES string of the molecule is CCC=Cc1nc(Cl)c(C=O)[nH]1. The predicted molar refractivity (Wildman–Crippen MR) is 48.3 cm³/mol. The molecule has 0 saturated heterocycles. The molecule has 0 saturated carbocycles. The monoisotopic (exact) mass is 184 g/mol. The van der Waals surface area contributed by atoms with E-state index in [-0.39, 0.29) is 5.15 Å². The minimum Gasteiger partial charge on any atom is -0.335 e. The standard InChI is InChI=1S/C8H9ClN2O/c1-2-3-4-7-10-6(5-12)8(9)11-7/h3-5H,2H2,1H3,(H,10,11). The molecule has 0 aliphatic rings. The number of aromatic nitrogens is 2. The Kier molecular flexibility index (Phi) is 3.05. The van der Waals surface area contributed by atoms with Crippen molar-refractivity contribution < 1.29 is 4.79 Å². The Hall–Kier alpha value is -1.09. The minimum absolute atomic E-state index is 0.223. The van der Waals surface area contributed by atoms with Gasteiger partial charge >= 0.3 is 0 Å². The van der Waals surface area contributed by atoms with E-state index in [9.17, 15) is 4.79 Å². The third kappa shape index (κ3) is 1.95. The van der Waals surface area contributed by atoms with Gasteiger partial charge in [0.05, 0.1) is 0 Å². The zero-order valence-electron chi connectivity index (χ0n) is 6.67. The molecule has 0 aromatic carbocycles. The molecule has 0 aliphatic heterocycles. The summed E-state index contributed by atoms with van der Waals surface area (Å²) in [5, 5.41) is 0.223. The van der Waals surface area contributed by atoms with Crippen molar-refractivity contribution in [3.05, 3.63) is 22.7 Å². The third-order valence-corrected chi connectivity index (χ3v) is 1.62. The first-order chi connectivity index (χ1) is 5.77. The third-order valence-electron chi connectivity index (χ3n) is 1.33. The highest BCUT2D eigenvalue weighted by Crippen LogP contribution is 2.11. The predicted octanol–water partition coefficient (Wildman–Crippen LogP) is 2.30. The Morgan fingerprint density at radius 3 is 2.92 bits per heavy atom. The molecule has 64 valence electrons. The van der Waals surface area contributed by atoms with Gasteiger partial charge in [-0.25, -0.2) is 4.98 Å². The number of nitrogens with zero attached hydrogens (tertiary/aromatic N) is 1. The summed E-state index contributed by atoms with van der Waals surface area (Å²) in [5.74, 6) is 0.615. The van der Waals surface area contributed by atoms with Crippen molar-refractivity contribution in [2.45, 2.75) is 13.3 Å². The second kappa shape index (κ2) is 4.07. The normalized spacial score (nSPS) is 10.8. The number of H-pyrrole nitrogens is 1.